The summed E-state index contributed by atoms with van der Waals surface area (Å²) >= 11 is 0. The molecule has 5 heteroatoms. The third-order valence-corrected chi connectivity index (χ3v) is 1.90. The third-order valence-electron chi connectivity index (χ3n) is 1.90. The number of aryl methyl sites for hydroxylation is 1. The number of nitrogens with one attached hydrogen (secondary N) is 2. The van der Waals surface area contributed by atoms with E-state index in [4.69, 9.17) is 0 Å². The number of hydrogen-bond donors (Lipinski definition) is 2. The zero-order valence-corrected chi connectivity index (χ0v) is 10.1. The second-order valence-corrected chi connectivity index (χ2v) is 3.82. The molecule has 17 heavy (non-hydrogen) atoms. The van der Waals surface area contributed by atoms with E-state index in [2.05, 4.69) is 15.8 Å². The maximum atomic E-state index is 11.4. The fourth-order valence-electron chi connectivity index (χ4n) is 1.04. The summed E-state index contributed by atoms with van der Waals surface area (Å²) < 4.78 is 0. The summed E-state index contributed by atoms with van der Waals surface area (Å²) in [4.78, 5) is 22.7. The van der Waals surface area contributed by atoms with Gasteiger partial charge in [0, 0.05) is 11.4 Å². The highest BCUT2D eigenvalue weighted by atomic mass is 16.2. The first-order valence-electron chi connectivity index (χ1n) is 5.18. The lowest BCUT2D eigenvalue weighted by molar-refractivity contribution is -0.136. The van der Waals surface area contributed by atoms with Crippen molar-refractivity contribution in [1.82, 2.24) is 5.43 Å². The summed E-state index contributed by atoms with van der Waals surface area (Å²) in [6, 6.07) is 7.16. The second-order valence-electron chi connectivity index (χ2n) is 3.82. The van der Waals surface area contributed by atoms with E-state index in [9.17, 15) is 9.59 Å². The van der Waals surface area contributed by atoms with Gasteiger partial charge in [0.25, 0.3) is 0 Å². The molecule has 1 aromatic rings. The van der Waals surface area contributed by atoms with Crippen molar-refractivity contribution in [2.75, 3.05) is 5.32 Å². The largest absolute Gasteiger partial charge is 0.329 e. The fraction of sp³-hybridized carbons (Fsp3) is 0.250. The molecule has 0 aliphatic carbocycles. The van der Waals surface area contributed by atoms with Gasteiger partial charge in [-0.25, -0.2) is 5.43 Å². The summed E-state index contributed by atoms with van der Waals surface area (Å²) in [7, 11) is 0. The number of anilines is 1. The Morgan fingerprint density at radius 1 is 1.06 bits per heavy atom. The minimum atomic E-state index is -0.785. The highest BCUT2D eigenvalue weighted by Crippen LogP contribution is 2.07. The van der Waals surface area contributed by atoms with Gasteiger partial charge in [0.1, 0.15) is 0 Å². The zero-order valence-electron chi connectivity index (χ0n) is 10.1. The van der Waals surface area contributed by atoms with Gasteiger partial charge in [-0.3, -0.25) is 9.59 Å². The van der Waals surface area contributed by atoms with Crippen molar-refractivity contribution in [3.63, 3.8) is 0 Å². The fourth-order valence-corrected chi connectivity index (χ4v) is 1.04. The third kappa shape index (κ3) is 4.46. The Labute approximate surface area is 99.9 Å². The first-order chi connectivity index (χ1) is 7.99. The SMILES string of the molecule is CC(C)=NNC(=O)C(=O)Nc1ccc(C)cc1. The van der Waals surface area contributed by atoms with E-state index in [0.717, 1.165) is 5.56 Å². The van der Waals surface area contributed by atoms with Gasteiger partial charge in [-0.1, -0.05) is 17.7 Å². The van der Waals surface area contributed by atoms with Crippen molar-refractivity contribution in [3.05, 3.63) is 29.8 Å². The average Bonchev–Trinajstić information content (AvgIpc) is 2.28. The van der Waals surface area contributed by atoms with E-state index in [1.165, 1.54) is 0 Å². The number of carbonyl (C=O) groups excluding carboxylic acids is 2. The molecule has 0 spiro atoms. The summed E-state index contributed by atoms with van der Waals surface area (Å²) in [5.41, 5.74) is 4.48. The molecule has 0 bridgehead atoms. The highest BCUT2D eigenvalue weighted by Gasteiger charge is 2.12. The predicted molar refractivity (Wildman–Crippen MR) is 66.7 cm³/mol. The molecule has 0 aromatic heterocycles. The average molecular weight is 233 g/mol. The van der Waals surface area contributed by atoms with Crippen molar-refractivity contribution < 1.29 is 9.59 Å². The van der Waals surface area contributed by atoms with Crippen LogP contribution in [0.2, 0.25) is 0 Å². The van der Waals surface area contributed by atoms with Crippen LogP contribution in [0.15, 0.2) is 29.4 Å². The highest BCUT2D eigenvalue weighted by molar-refractivity contribution is 6.39. The minimum absolute atomic E-state index is 0.577. The quantitative estimate of drug-likeness (QED) is 0.461. The molecule has 1 aromatic carbocycles. The zero-order chi connectivity index (χ0) is 12.8. The number of rotatable bonds is 2. The van der Waals surface area contributed by atoms with E-state index in [0.29, 0.717) is 11.4 Å². The van der Waals surface area contributed by atoms with Crippen LogP contribution in [0.1, 0.15) is 19.4 Å². The van der Waals surface area contributed by atoms with Crippen molar-refractivity contribution in [3.8, 4) is 0 Å². The normalized spacial score (nSPS) is 9.35. The maximum Gasteiger partial charge on any atom is 0.329 e. The van der Waals surface area contributed by atoms with Crippen LogP contribution in [0.3, 0.4) is 0 Å². The molecule has 0 saturated carbocycles. The van der Waals surface area contributed by atoms with Gasteiger partial charge in [-0.15, -0.1) is 0 Å². The molecular formula is C12H15N3O2. The molecule has 0 aliphatic rings. The van der Waals surface area contributed by atoms with Crippen molar-refractivity contribution in [2.45, 2.75) is 20.8 Å². The van der Waals surface area contributed by atoms with Crippen LogP contribution in [-0.4, -0.2) is 17.5 Å². The molecule has 2 N–H and O–H groups in total. The number of carbonyl (C=O) groups is 2. The van der Waals surface area contributed by atoms with Crippen LogP contribution in [0.25, 0.3) is 0 Å². The topological polar surface area (TPSA) is 70.6 Å². The Morgan fingerprint density at radius 3 is 2.18 bits per heavy atom. The molecule has 1 rings (SSSR count). The van der Waals surface area contributed by atoms with Crippen LogP contribution in [-0.2, 0) is 9.59 Å². The lowest BCUT2D eigenvalue weighted by Crippen LogP contribution is -2.32. The monoisotopic (exact) mass is 233 g/mol. The number of benzene rings is 1. The van der Waals surface area contributed by atoms with E-state index < -0.39 is 11.8 Å². The molecule has 0 radical (unpaired) electrons. The molecule has 2 amide bonds. The van der Waals surface area contributed by atoms with E-state index in [1.54, 1.807) is 26.0 Å². The minimum Gasteiger partial charge on any atom is -0.318 e. The molecule has 0 unspecified atom stereocenters. The molecule has 0 saturated heterocycles. The van der Waals surface area contributed by atoms with E-state index in [1.807, 2.05) is 19.1 Å². The first-order valence-corrected chi connectivity index (χ1v) is 5.18. The standard InChI is InChI=1S/C12H15N3O2/c1-8(2)14-15-12(17)11(16)13-10-6-4-9(3)5-7-10/h4-7H,1-3H3,(H,13,16)(H,15,17). The van der Waals surface area contributed by atoms with E-state index >= 15 is 0 Å². The van der Waals surface area contributed by atoms with Gasteiger partial charge in [0.15, 0.2) is 0 Å². The molecule has 0 fully saturated rings. The smallest absolute Gasteiger partial charge is 0.318 e. The molecule has 90 valence electrons. The predicted octanol–water partition coefficient (Wildman–Crippen LogP) is 1.45. The van der Waals surface area contributed by atoms with Gasteiger partial charge in [0.05, 0.1) is 0 Å². The van der Waals surface area contributed by atoms with Crippen LogP contribution >= 0.6 is 0 Å². The lowest BCUT2D eigenvalue weighted by atomic mass is 10.2. The summed E-state index contributed by atoms with van der Waals surface area (Å²) in [6.07, 6.45) is 0. The molecule has 0 heterocycles. The molecule has 0 atom stereocenters. The summed E-state index contributed by atoms with van der Waals surface area (Å²) in [5, 5.41) is 6.13. The van der Waals surface area contributed by atoms with Gasteiger partial charge < -0.3 is 5.32 Å². The number of amides is 2. The van der Waals surface area contributed by atoms with E-state index in [-0.39, 0.29) is 0 Å². The number of nitrogens with zero attached hydrogens (tertiary/aromatic N) is 1. The summed E-state index contributed by atoms with van der Waals surface area (Å²) in [5.74, 6) is -1.52. The van der Waals surface area contributed by atoms with Gasteiger partial charge in [-0.2, -0.15) is 5.10 Å². The Balaban J connectivity index is 2.57. The van der Waals surface area contributed by atoms with Crippen LogP contribution in [0.5, 0.6) is 0 Å². The van der Waals surface area contributed by atoms with Crippen LogP contribution in [0, 0.1) is 6.92 Å². The first kappa shape index (κ1) is 12.9. The van der Waals surface area contributed by atoms with Gasteiger partial charge in [-0.05, 0) is 32.9 Å². The van der Waals surface area contributed by atoms with Gasteiger partial charge >= 0.3 is 11.8 Å². The number of hydrazone groups is 1. The lowest BCUT2D eigenvalue weighted by Gasteiger charge is -2.04. The Bertz CT molecular complexity index is 445. The molecule has 0 aliphatic heterocycles. The Hall–Kier alpha value is -2.17. The van der Waals surface area contributed by atoms with Crippen molar-refractivity contribution in [1.29, 1.82) is 0 Å². The van der Waals surface area contributed by atoms with Crippen molar-refractivity contribution >= 4 is 23.2 Å². The second kappa shape index (κ2) is 5.79. The Morgan fingerprint density at radius 2 is 1.65 bits per heavy atom. The van der Waals surface area contributed by atoms with Gasteiger partial charge in [0.2, 0.25) is 0 Å². The summed E-state index contributed by atoms with van der Waals surface area (Å²) in [6.45, 7) is 5.38. The molecule has 5 nitrogen and oxygen atoms in total. The van der Waals surface area contributed by atoms with Crippen LogP contribution < -0.4 is 10.7 Å². The van der Waals surface area contributed by atoms with Crippen molar-refractivity contribution in [2.24, 2.45) is 5.10 Å². The molecular weight excluding hydrogens is 218 g/mol. The maximum absolute atomic E-state index is 11.4. The number of hydrogen-bond acceptors (Lipinski definition) is 3. The Kier molecular flexibility index (Phi) is 4.39. The van der Waals surface area contributed by atoms with Crippen LogP contribution in [0.4, 0.5) is 5.69 Å².